The number of nitrogens with zero attached hydrogens (tertiary/aromatic N) is 5. The van der Waals surface area contributed by atoms with Crippen LogP contribution in [0.1, 0.15) is 0 Å². The van der Waals surface area contributed by atoms with E-state index in [1.165, 1.54) is 6.33 Å². The van der Waals surface area contributed by atoms with Gasteiger partial charge in [0.1, 0.15) is 11.8 Å². The number of hydrogen-bond acceptors (Lipinski definition) is 9. The van der Waals surface area contributed by atoms with E-state index < -0.39 is 23.5 Å². The summed E-state index contributed by atoms with van der Waals surface area (Å²) in [7, 11) is -16.2. The van der Waals surface area contributed by atoms with Crippen LogP contribution < -0.4 is 0 Å². The summed E-state index contributed by atoms with van der Waals surface area (Å²) in [6.07, 6.45) is 4.76. The van der Waals surface area contributed by atoms with Gasteiger partial charge in [0.05, 0.1) is 12.5 Å². The molecule has 2 aromatic rings. The number of H-pyrrole nitrogens is 1. The molecule has 25 heavy (non-hydrogen) atoms. The van der Waals surface area contributed by atoms with Crippen LogP contribution in [0.15, 0.2) is 18.9 Å². The first kappa shape index (κ1) is 23.3. The average molecular weight is 421 g/mol. The van der Waals surface area contributed by atoms with E-state index in [4.69, 9.17) is 35.5 Å². The quantitative estimate of drug-likeness (QED) is 0.154. The van der Waals surface area contributed by atoms with Gasteiger partial charge < -0.3 is 29.5 Å². The van der Waals surface area contributed by atoms with Gasteiger partial charge in [-0.2, -0.15) is 8.62 Å². The Labute approximate surface area is 137 Å². The van der Waals surface area contributed by atoms with Crippen LogP contribution in [-0.4, -0.2) is 44.4 Å². The third kappa shape index (κ3) is 12.3. The van der Waals surface area contributed by atoms with Crippen LogP contribution in [0.5, 0.6) is 0 Å². The number of fused-ring (bicyclic) bond motifs is 1. The van der Waals surface area contributed by atoms with Crippen LogP contribution in [0, 0.1) is 5.53 Å². The van der Waals surface area contributed by atoms with E-state index in [9.17, 15) is 13.7 Å². The summed E-state index contributed by atoms with van der Waals surface area (Å²) in [6.45, 7) is 0. The summed E-state index contributed by atoms with van der Waals surface area (Å²) < 4.78 is 36.4. The van der Waals surface area contributed by atoms with Crippen LogP contribution >= 0.6 is 23.5 Å². The van der Waals surface area contributed by atoms with Crippen LogP contribution in [-0.2, 0) is 22.3 Å². The van der Waals surface area contributed by atoms with Gasteiger partial charge in [0.25, 0.3) is 0 Å². The Bertz CT molecular complexity index is 793. The summed E-state index contributed by atoms with van der Waals surface area (Å²) in [5.41, 5.74) is 13.8. The largest absolute Gasteiger partial charge is 0.490 e. The van der Waals surface area contributed by atoms with Crippen molar-refractivity contribution in [2.75, 3.05) is 0 Å². The first-order valence-corrected chi connectivity index (χ1v) is 9.82. The Morgan fingerprint density at radius 1 is 1.08 bits per heavy atom. The number of phosphoric acid groups is 3. The summed E-state index contributed by atoms with van der Waals surface area (Å²) in [4.78, 5) is 56.4. The van der Waals surface area contributed by atoms with Gasteiger partial charge in [-0.15, -0.1) is 5.53 Å². The highest BCUT2D eigenvalue weighted by Gasteiger charge is 2.38. The van der Waals surface area contributed by atoms with Crippen LogP contribution in [0.25, 0.3) is 21.6 Å². The lowest BCUT2D eigenvalue weighted by molar-refractivity contribution is 0.204. The number of aromatic nitrogens is 4. The molecular formula is C5H10N7O10P3. The van der Waals surface area contributed by atoms with Crippen molar-refractivity contribution in [3.05, 3.63) is 29.3 Å². The van der Waals surface area contributed by atoms with Crippen molar-refractivity contribution in [3.63, 3.8) is 0 Å². The molecule has 140 valence electrons. The summed E-state index contributed by atoms with van der Waals surface area (Å²) >= 11 is 0. The van der Waals surface area contributed by atoms with Gasteiger partial charge in [-0.05, 0) is 10.4 Å². The fourth-order valence-corrected chi connectivity index (χ4v) is 3.51. The molecule has 0 aliphatic rings. The Kier molecular flexibility index (Phi) is 9.01. The van der Waals surface area contributed by atoms with Gasteiger partial charge in [0.2, 0.25) is 0 Å². The molecule has 20 heteroatoms. The molecule has 0 saturated heterocycles. The van der Waals surface area contributed by atoms with Crippen molar-refractivity contribution in [2.45, 2.75) is 0 Å². The number of aromatic amines is 1. The van der Waals surface area contributed by atoms with Gasteiger partial charge in [-0.1, -0.05) is 0 Å². The van der Waals surface area contributed by atoms with Crippen molar-refractivity contribution in [2.24, 2.45) is 0 Å². The predicted octanol–water partition coefficient (Wildman–Crippen LogP) is 0.534. The molecule has 7 N–H and O–H groups in total. The molecule has 0 radical (unpaired) electrons. The second-order valence-electron chi connectivity index (χ2n) is 3.38. The predicted molar refractivity (Wildman–Crippen MR) is 77.2 cm³/mol. The van der Waals surface area contributed by atoms with E-state index in [0.29, 0.717) is 5.65 Å². The molecule has 2 rings (SSSR count). The topological polar surface area (TPSA) is 286 Å². The maximum absolute atomic E-state index is 10.4. The van der Waals surface area contributed by atoms with E-state index >= 15 is 0 Å². The molecular weight excluding hydrogens is 411 g/mol. The first-order valence-electron chi connectivity index (χ1n) is 5.26. The minimum atomic E-state index is -5.46. The van der Waals surface area contributed by atoms with Gasteiger partial charge in [0.15, 0.2) is 5.65 Å². The van der Waals surface area contributed by atoms with Crippen LogP contribution in [0.4, 0.5) is 0 Å². The monoisotopic (exact) mass is 421 g/mol. The van der Waals surface area contributed by atoms with Crippen molar-refractivity contribution < 1.29 is 46.8 Å². The third-order valence-electron chi connectivity index (χ3n) is 1.52. The number of hydrogen-bond donors (Lipinski definition) is 7. The zero-order valence-electron chi connectivity index (χ0n) is 11.6. The number of rotatable bonds is 4. The van der Waals surface area contributed by atoms with E-state index in [2.05, 4.69) is 28.6 Å². The van der Waals surface area contributed by atoms with E-state index in [1.54, 1.807) is 17.4 Å². The highest BCUT2D eigenvalue weighted by molar-refractivity contribution is 7.66. The lowest BCUT2D eigenvalue weighted by Crippen LogP contribution is -1.91. The maximum Gasteiger partial charge on any atom is 0.490 e. The Hall–Kier alpha value is -1.73. The fourth-order valence-electron chi connectivity index (χ4n) is 0.975. The van der Waals surface area contributed by atoms with Crippen molar-refractivity contribution in [1.29, 1.82) is 5.53 Å². The number of nitrogens with one attached hydrogen (secondary N) is 2. The van der Waals surface area contributed by atoms with Gasteiger partial charge in [-0.25, -0.2) is 28.6 Å². The second kappa shape index (κ2) is 9.68. The minimum absolute atomic E-state index is 0.713. The minimum Gasteiger partial charge on any atom is -0.342 e. The zero-order valence-corrected chi connectivity index (χ0v) is 14.3. The molecule has 0 spiro atoms. The molecule has 0 amide bonds. The molecule has 0 aromatic carbocycles. The van der Waals surface area contributed by atoms with Crippen molar-refractivity contribution >= 4 is 34.6 Å². The highest BCUT2D eigenvalue weighted by Crippen LogP contribution is 2.64. The fraction of sp³-hybridized carbons (Fsp3) is 0. The third-order valence-corrected chi connectivity index (χ3v) is 4.87. The van der Waals surface area contributed by atoms with Gasteiger partial charge in [0, 0.05) is 0 Å². The van der Waals surface area contributed by atoms with Gasteiger partial charge >= 0.3 is 23.5 Å². The van der Waals surface area contributed by atoms with E-state index in [-0.39, 0.29) is 0 Å². The lowest BCUT2D eigenvalue weighted by Gasteiger charge is -2.11. The Balaban J connectivity index is 0.000000412. The van der Waals surface area contributed by atoms with Crippen LogP contribution in [0.2, 0.25) is 0 Å². The summed E-state index contributed by atoms with van der Waals surface area (Å²) in [5, 5.41) is 0. The highest BCUT2D eigenvalue weighted by atomic mass is 31.3. The molecule has 0 bridgehead atoms. The summed E-state index contributed by atoms with van der Waals surface area (Å²) in [6, 6.07) is 0. The Morgan fingerprint density at radius 2 is 1.56 bits per heavy atom. The number of imidazole rings is 1. The zero-order chi connectivity index (χ0) is 19.7. The standard InChI is InChI=1S/C5H4N4.HN3.H5O10P3/c1-4-5(8-2-6-1)9-3-7-4;1-3-2;1-11(2,3)9-13(7,8)10-12(4,5)6/h1-3H,(H,6,7,8,9);1H;(H,7,8)(H2,1,2,3)(H2,4,5,6). The van der Waals surface area contributed by atoms with Crippen molar-refractivity contribution in [1.82, 2.24) is 19.9 Å². The molecule has 0 atom stereocenters. The second-order valence-corrected chi connectivity index (χ2v) is 7.58. The molecule has 0 aliphatic heterocycles. The molecule has 0 fully saturated rings. The molecule has 0 aliphatic carbocycles. The molecule has 2 heterocycles. The normalized spacial score (nSPS) is 11.6. The maximum atomic E-state index is 10.4. The molecule has 17 nitrogen and oxygen atoms in total. The molecule has 0 unspecified atom stereocenters. The lowest BCUT2D eigenvalue weighted by atomic mass is 10.6. The SMILES string of the molecule is O=P(O)(O)OP(=O)(O)OP(=O)(O)O.[N-]=[N+]=N.c1ncc2[nH]cnc2n1. The Morgan fingerprint density at radius 3 is 1.96 bits per heavy atom. The molecule has 0 saturated carbocycles. The average Bonchev–Trinajstić information content (AvgIpc) is 2.82. The van der Waals surface area contributed by atoms with Crippen LogP contribution in [0.3, 0.4) is 0 Å². The van der Waals surface area contributed by atoms with E-state index in [1.807, 2.05) is 0 Å². The van der Waals surface area contributed by atoms with Crippen molar-refractivity contribution in [3.8, 4) is 0 Å². The summed E-state index contributed by atoms with van der Waals surface area (Å²) in [5.74, 6) is 0. The molecule has 2 aromatic heterocycles. The van der Waals surface area contributed by atoms with Gasteiger partial charge in [-0.3, -0.25) is 0 Å². The first-order chi connectivity index (χ1) is 11.3. The van der Waals surface area contributed by atoms with E-state index in [0.717, 1.165) is 5.52 Å². The smallest absolute Gasteiger partial charge is 0.342 e.